The molecule has 2 heterocycles. The minimum absolute atomic E-state index is 0.0315. The highest BCUT2D eigenvalue weighted by molar-refractivity contribution is 7.99. The number of nitrogens with zero attached hydrogens (tertiary/aromatic N) is 2. The lowest BCUT2D eigenvalue weighted by Gasteiger charge is -2.09. The number of carbonyl (C=O) groups is 1. The van der Waals surface area contributed by atoms with Crippen molar-refractivity contribution in [2.24, 2.45) is 0 Å². The fraction of sp³-hybridized carbons (Fsp3) is 0.333. The zero-order valence-electron chi connectivity index (χ0n) is 12.3. The van der Waals surface area contributed by atoms with Gasteiger partial charge in [0.2, 0.25) is 5.91 Å². The summed E-state index contributed by atoms with van der Waals surface area (Å²) < 4.78 is 6.92. The molecule has 116 valence electrons. The van der Waals surface area contributed by atoms with E-state index in [-0.39, 0.29) is 11.9 Å². The molecule has 22 heavy (non-hydrogen) atoms. The SMILES string of the molecule is COc1ccc(-n2ccc(CNC(=O)C3CSCN3)n2)cc1. The van der Waals surface area contributed by atoms with Crippen molar-refractivity contribution >= 4 is 17.7 Å². The van der Waals surface area contributed by atoms with Crippen molar-refractivity contribution in [3.05, 3.63) is 42.2 Å². The molecule has 2 N–H and O–H groups in total. The van der Waals surface area contributed by atoms with Gasteiger partial charge in [-0.25, -0.2) is 4.68 Å². The number of ether oxygens (including phenoxy) is 1. The second kappa shape index (κ2) is 6.85. The van der Waals surface area contributed by atoms with Gasteiger partial charge in [0, 0.05) is 17.8 Å². The van der Waals surface area contributed by atoms with E-state index in [0.717, 1.165) is 28.8 Å². The molecule has 1 atom stereocenters. The molecule has 6 nitrogen and oxygen atoms in total. The van der Waals surface area contributed by atoms with E-state index in [9.17, 15) is 4.79 Å². The van der Waals surface area contributed by atoms with Crippen LogP contribution in [0, 0.1) is 0 Å². The standard InChI is InChI=1S/C15H18N4O2S/c1-21-13-4-2-12(3-5-13)19-7-6-11(18-19)8-16-15(20)14-9-22-10-17-14/h2-7,14,17H,8-10H2,1H3,(H,16,20). The summed E-state index contributed by atoms with van der Waals surface area (Å²) in [5, 5.41) is 10.5. The van der Waals surface area contributed by atoms with Gasteiger partial charge in [0.1, 0.15) is 5.75 Å². The topological polar surface area (TPSA) is 68.2 Å². The van der Waals surface area contributed by atoms with Gasteiger partial charge >= 0.3 is 0 Å². The van der Waals surface area contributed by atoms with E-state index in [0.29, 0.717) is 6.54 Å². The summed E-state index contributed by atoms with van der Waals surface area (Å²) >= 11 is 1.73. The summed E-state index contributed by atoms with van der Waals surface area (Å²) in [6.07, 6.45) is 1.88. The van der Waals surface area contributed by atoms with Crippen LogP contribution in [0.5, 0.6) is 5.75 Å². The first-order valence-electron chi connectivity index (χ1n) is 7.04. The molecular formula is C15H18N4O2S. The largest absolute Gasteiger partial charge is 0.497 e. The molecular weight excluding hydrogens is 300 g/mol. The Morgan fingerprint density at radius 2 is 2.27 bits per heavy atom. The predicted octanol–water partition coefficient (Wildman–Crippen LogP) is 1.16. The van der Waals surface area contributed by atoms with Crippen LogP contribution in [0.3, 0.4) is 0 Å². The molecule has 0 aliphatic carbocycles. The molecule has 2 aromatic rings. The molecule has 0 radical (unpaired) electrons. The van der Waals surface area contributed by atoms with Crippen molar-refractivity contribution in [2.75, 3.05) is 18.7 Å². The molecule has 1 aliphatic heterocycles. The Morgan fingerprint density at radius 1 is 1.45 bits per heavy atom. The van der Waals surface area contributed by atoms with Gasteiger partial charge in [0.15, 0.2) is 0 Å². The van der Waals surface area contributed by atoms with E-state index in [1.807, 2.05) is 36.5 Å². The van der Waals surface area contributed by atoms with Crippen LogP contribution in [0.1, 0.15) is 5.69 Å². The second-order valence-electron chi connectivity index (χ2n) is 4.94. The maximum atomic E-state index is 11.9. The number of hydrogen-bond donors (Lipinski definition) is 2. The summed E-state index contributed by atoms with van der Waals surface area (Å²) in [5.41, 5.74) is 1.78. The number of nitrogens with one attached hydrogen (secondary N) is 2. The van der Waals surface area contributed by atoms with E-state index < -0.39 is 0 Å². The monoisotopic (exact) mass is 318 g/mol. The average molecular weight is 318 g/mol. The van der Waals surface area contributed by atoms with E-state index in [1.165, 1.54) is 0 Å². The van der Waals surface area contributed by atoms with Crippen molar-refractivity contribution in [1.82, 2.24) is 20.4 Å². The van der Waals surface area contributed by atoms with E-state index >= 15 is 0 Å². The fourth-order valence-corrected chi connectivity index (χ4v) is 3.14. The van der Waals surface area contributed by atoms with Gasteiger partial charge in [-0.15, -0.1) is 11.8 Å². The van der Waals surface area contributed by atoms with Crippen molar-refractivity contribution in [3.8, 4) is 11.4 Å². The summed E-state index contributed by atoms with van der Waals surface area (Å²) in [6, 6.07) is 9.47. The lowest BCUT2D eigenvalue weighted by Crippen LogP contribution is -2.41. The quantitative estimate of drug-likeness (QED) is 0.866. The molecule has 1 fully saturated rings. The number of benzene rings is 1. The van der Waals surface area contributed by atoms with Crippen LogP contribution in [-0.2, 0) is 11.3 Å². The number of aromatic nitrogens is 2. The maximum absolute atomic E-state index is 11.9. The molecule has 1 amide bonds. The van der Waals surface area contributed by atoms with Crippen LogP contribution in [0.2, 0.25) is 0 Å². The fourth-order valence-electron chi connectivity index (χ4n) is 2.20. The minimum Gasteiger partial charge on any atom is -0.497 e. The second-order valence-corrected chi connectivity index (χ2v) is 5.97. The lowest BCUT2D eigenvalue weighted by molar-refractivity contribution is -0.122. The summed E-state index contributed by atoms with van der Waals surface area (Å²) in [4.78, 5) is 11.9. The first-order chi connectivity index (χ1) is 10.8. The van der Waals surface area contributed by atoms with Gasteiger partial charge in [-0.05, 0) is 30.3 Å². The van der Waals surface area contributed by atoms with E-state index in [4.69, 9.17) is 4.74 Å². The normalized spacial score (nSPS) is 17.4. The Balaban J connectivity index is 1.59. The lowest BCUT2D eigenvalue weighted by atomic mass is 10.3. The van der Waals surface area contributed by atoms with E-state index in [1.54, 1.807) is 23.6 Å². The maximum Gasteiger partial charge on any atom is 0.238 e. The van der Waals surface area contributed by atoms with Crippen LogP contribution < -0.4 is 15.4 Å². The van der Waals surface area contributed by atoms with Gasteiger partial charge in [0.25, 0.3) is 0 Å². The molecule has 0 saturated carbocycles. The number of carbonyl (C=O) groups excluding carboxylic acids is 1. The van der Waals surface area contributed by atoms with Crippen LogP contribution >= 0.6 is 11.8 Å². The molecule has 1 unspecified atom stereocenters. The number of thioether (sulfide) groups is 1. The first-order valence-corrected chi connectivity index (χ1v) is 8.19. The van der Waals surface area contributed by atoms with Gasteiger partial charge in [-0.1, -0.05) is 0 Å². The van der Waals surface area contributed by atoms with Crippen LogP contribution in [0.4, 0.5) is 0 Å². The Labute approximate surface area is 133 Å². The van der Waals surface area contributed by atoms with Crippen molar-refractivity contribution in [1.29, 1.82) is 0 Å². The zero-order chi connectivity index (χ0) is 15.4. The third kappa shape index (κ3) is 3.42. The Kier molecular flexibility index (Phi) is 4.65. The number of methoxy groups -OCH3 is 1. The smallest absolute Gasteiger partial charge is 0.238 e. The van der Waals surface area contributed by atoms with Crippen molar-refractivity contribution in [2.45, 2.75) is 12.6 Å². The average Bonchev–Trinajstić information content (AvgIpc) is 3.24. The summed E-state index contributed by atoms with van der Waals surface area (Å²) in [6.45, 7) is 0.435. The predicted molar refractivity (Wildman–Crippen MR) is 86.2 cm³/mol. The number of hydrogen-bond acceptors (Lipinski definition) is 5. The van der Waals surface area contributed by atoms with Gasteiger partial charge in [-0.3, -0.25) is 10.1 Å². The third-order valence-electron chi connectivity index (χ3n) is 3.46. The van der Waals surface area contributed by atoms with Gasteiger partial charge in [0.05, 0.1) is 31.1 Å². The minimum atomic E-state index is -0.0892. The molecule has 0 bridgehead atoms. The molecule has 1 aliphatic rings. The number of amides is 1. The van der Waals surface area contributed by atoms with E-state index in [2.05, 4.69) is 15.7 Å². The van der Waals surface area contributed by atoms with Crippen LogP contribution in [0.15, 0.2) is 36.5 Å². The first kappa shape index (κ1) is 14.9. The molecule has 7 heteroatoms. The molecule has 1 saturated heterocycles. The highest BCUT2D eigenvalue weighted by atomic mass is 32.2. The zero-order valence-corrected chi connectivity index (χ0v) is 13.1. The van der Waals surface area contributed by atoms with Crippen LogP contribution in [-0.4, -0.2) is 40.5 Å². The summed E-state index contributed by atoms with van der Waals surface area (Å²) in [7, 11) is 1.64. The van der Waals surface area contributed by atoms with Crippen molar-refractivity contribution in [3.63, 3.8) is 0 Å². The number of rotatable bonds is 5. The molecule has 1 aromatic heterocycles. The third-order valence-corrected chi connectivity index (χ3v) is 4.40. The molecule has 1 aromatic carbocycles. The highest BCUT2D eigenvalue weighted by Gasteiger charge is 2.22. The molecule has 0 spiro atoms. The van der Waals surface area contributed by atoms with Crippen LogP contribution in [0.25, 0.3) is 5.69 Å². The molecule has 3 rings (SSSR count). The van der Waals surface area contributed by atoms with Gasteiger partial charge < -0.3 is 10.1 Å². The van der Waals surface area contributed by atoms with Crippen molar-refractivity contribution < 1.29 is 9.53 Å². The summed E-state index contributed by atoms with van der Waals surface area (Å²) in [5.74, 6) is 2.50. The van der Waals surface area contributed by atoms with Gasteiger partial charge in [-0.2, -0.15) is 5.10 Å². The Hall–Kier alpha value is -1.99. The Bertz CT molecular complexity index is 635. The Morgan fingerprint density at radius 3 is 2.95 bits per heavy atom. The highest BCUT2D eigenvalue weighted by Crippen LogP contribution is 2.14.